The minimum atomic E-state index is -0.991. The van der Waals surface area contributed by atoms with Crippen LogP contribution in [0.15, 0.2) is 12.1 Å². The average molecular weight is 560 g/mol. The summed E-state index contributed by atoms with van der Waals surface area (Å²) in [4.78, 5) is 56.0. The molecule has 3 aliphatic rings. The van der Waals surface area contributed by atoms with Crippen molar-refractivity contribution in [1.29, 1.82) is 0 Å². The first kappa shape index (κ1) is 29.6. The number of methoxy groups -OCH3 is 1. The van der Waals surface area contributed by atoms with Crippen LogP contribution < -0.4 is 14.2 Å². The van der Waals surface area contributed by atoms with Crippen LogP contribution in [0.1, 0.15) is 70.3 Å². The van der Waals surface area contributed by atoms with E-state index in [0.29, 0.717) is 36.9 Å². The van der Waals surface area contributed by atoms with Crippen molar-refractivity contribution in [3.05, 3.63) is 17.7 Å². The van der Waals surface area contributed by atoms with Crippen LogP contribution in [0, 0.1) is 5.92 Å². The predicted octanol–water partition coefficient (Wildman–Crippen LogP) is 2.86. The maximum absolute atomic E-state index is 13.6. The Morgan fingerprint density at radius 1 is 1.07 bits per heavy atom. The minimum absolute atomic E-state index is 0.0340. The highest BCUT2D eigenvalue weighted by Crippen LogP contribution is 2.47. The van der Waals surface area contributed by atoms with Gasteiger partial charge in [0.1, 0.15) is 0 Å². The Hall–Kier alpha value is -3.34. The first-order chi connectivity index (χ1) is 19.3. The lowest BCUT2D eigenvalue weighted by Gasteiger charge is -2.30. The van der Waals surface area contributed by atoms with Gasteiger partial charge >= 0.3 is 5.97 Å². The molecule has 0 spiro atoms. The summed E-state index contributed by atoms with van der Waals surface area (Å²) in [6.07, 6.45) is 4.36. The van der Waals surface area contributed by atoms with Crippen molar-refractivity contribution in [2.75, 3.05) is 46.6 Å². The van der Waals surface area contributed by atoms with Gasteiger partial charge < -0.3 is 24.2 Å². The molecule has 1 aromatic rings. The summed E-state index contributed by atoms with van der Waals surface area (Å²) in [5.74, 6) is -1.41. The first-order valence-electron chi connectivity index (χ1n) is 14.3. The highest BCUT2D eigenvalue weighted by atomic mass is 16.7. The predicted molar refractivity (Wildman–Crippen MR) is 145 cm³/mol. The van der Waals surface area contributed by atoms with Crippen molar-refractivity contribution in [3.8, 4) is 17.2 Å². The van der Waals surface area contributed by atoms with Crippen LogP contribution in [0.2, 0.25) is 0 Å². The second-order valence-electron chi connectivity index (χ2n) is 10.7. The fourth-order valence-corrected chi connectivity index (χ4v) is 6.02. The van der Waals surface area contributed by atoms with E-state index in [1.165, 1.54) is 12.0 Å². The Labute approximate surface area is 235 Å². The minimum Gasteiger partial charge on any atom is -0.493 e. The molecule has 0 aromatic heterocycles. The molecule has 40 heavy (non-hydrogen) atoms. The van der Waals surface area contributed by atoms with Gasteiger partial charge in [-0.05, 0) is 37.0 Å². The molecule has 1 N–H and O–H groups in total. The quantitative estimate of drug-likeness (QED) is 0.343. The van der Waals surface area contributed by atoms with E-state index < -0.39 is 23.8 Å². The maximum atomic E-state index is 13.6. The van der Waals surface area contributed by atoms with Gasteiger partial charge in [-0.1, -0.05) is 26.7 Å². The number of hydrogen-bond donors (Lipinski definition) is 1. The van der Waals surface area contributed by atoms with Gasteiger partial charge in [-0.25, -0.2) is 0 Å². The molecule has 3 aliphatic heterocycles. The number of nitrogens with zero attached hydrogens (tertiary/aromatic N) is 3. The lowest BCUT2D eigenvalue weighted by Crippen LogP contribution is -2.46. The molecule has 1 aromatic carbocycles. The number of rotatable bonds is 14. The maximum Gasteiger partial charge on any atom is 0.308 e. The number of carboxylic acids is 1. The van der Waals surface area contributed by atoms with Crippen molar-refractivity contribution < 1.29 is 38.5 Å². The van der Waals surface area contributed by atoms with Crippen molar-refractivity contribution in [2.45, 2.75) is 70.8 Å². The number of amides is 3. The van der Waals surface area contributed by atoms with E-state index in [4.69, 9.17) is 14.2 Å². The van der Waals surface area contributed by atoms with Crippen molar-refractivity contribution in [2.24, 2.45) is 5.92 Å². The molecular formula is C29H41N3O8. The summed E-state index contributed by atoms with van der Waals surface area (Å²) in [7, 11) is 1.52. The zero-order valence-corrected chi connectivity index (χ0v) is 23.7. The summed E-state index contributed by atoms with van der Waals surface area (Å²) in [6, 6.07) is 3.01. The highest BCUT2D eigenvalue weighted by Gasteiger charge is 2.48. The van der Waals surface area contributed by atoms with Crippen LogP contribution in [0.5, 0.6) is 17.2 Å². The summed E-state index contributed by atoms with van der Waals surface area (Å²) < 4.78 is 16.6. The molecule has 2 fully saturated rings. The number of carboxylic acid groups (broad SMARTS) is 1. The van der Waals surface area contributed by atoms with Gasteiger partial charge in [0.2, 0.25) is 30.3 Å². The third-order valence-electron chi connectivity index (χ3n) is 8.20. The molecule has 0 unspecified atom stereocenters. The van der Waals surface area contributed by atoms with Crippen molar-refractivity contribution in [3.63, 3.8) is 0 Å². The second-order valence-corrected chi connectivity index (χ2v) is 10.7. The molecule has 3 amide bonds. The average Bonchev–Trinajstić information content (AvgIpc) is 3.64. The van der Waals surface area contributed by atoms with Gasteiger partial charge in [0.05, 0.1) is 19.6 Å². The standard InChI is InChI=1S/C29H41N3O8/c1-4-6-11-30(12-7-5-2)26(35)17-31-16-20(19-14-22(38-3)28-23(15-19)39-18-40-28)27(29(36)37)21(31)10-13-32-24(33)8-9-25(32)34/h14-15,20-21,27H,4-13,16-18H2,1-3H3,(H,36,37)/t20-,21-,27+/m1/s1. The number of carbonyl (C=O) groups excluding carboxylic acids is 3. The fraction of sp³-hybridized carbons (Fsp3) is 0.655. The number of hydrogen-bond acceptors (Lipinski definition) is 8. The van der Waals surface area contributed by atoms with E-state index in [1.807, 2.05) is 9.80 Å². The Morgan fingerprint density at radius 3 is 2.35 bits per heavy atom. The zero-order valence-electron chi connectivity index (χ0n) is 23.7. The largest absolute Gasteiger partial charge is 0.493 e. The Balaban J connectivity index is 1.63. The van der Waals surface area contributed by atoms with Crippen LogP contribution in [-0.4, -0.2) is 96.2 Å². The van der Waals surface area contributed by atoms with Crippen LogP contribution in [0.25, 0.3) is 0 Å². The van der Waals surface area contributed by atoms with Gasteiger partial charge in [0.15, 0.2) is 11.5 Å². The summed E-state index contributed by atoms with van der Waals surface area (Å²) in [5.41, 5.74) is 0.718. The Morgan fingerprint density at radius 2 is 1.75 bits per heavy atom. The monoisotopic (exact) mass is 559 g/mol. The molecule has 3 atom stereocenters. The van der Waals surface area contributed by atoms with E-state index in [9.17, 15) is 24.3 Å². The van der Waals surface area contributed by atoms with Gasteiger partial charge in [0.25, 0.3) is 0 Å². The number of ether oxygens (including phenoxy) is 3. The highest BCUT2D eigenvalue weighted by molar-refractivity contribution is 6.01. The Bertz CT molecular complexity index is 1080. The van der Waals surface area contributed by atoms with Crippen LogP contribution in [0.3, 0.4) is 0 Å². The van der Waals surface area contributed by atoms with Gasteiger partial charge in [-0.2, -0.15) is 0 Å². The molecule has 220 valence electrons. The fourth-order valence-electron chi connectivity index (χ4n) is 6.02. The number of imide groups is 1. The van der Waals surface area contributed by atoms with Crippen LogP contribution in [0.4, 0.5) is 0 Å². The van der Waals surface area contributed by atoms with Crippen molar-refractivity contribution in [1.82, 2.24) is 14.7 Å². The molecular weight excluding hydrogens is 518 g/mol. The molecule has 11 heteroatoms. The van der Waals surface area contributed by atoms with E-state index in [0.717, 1.165) is 31.2 Å². The topological polar surface area (TPSA) is 126 Å². The normalized spacial score (nSPS) is 22.3. The summed E-state index contributed by atoms with van der Waals surface area (Å²) in [6.45, 7) is 6.07. The third-order valence-corrected chi connectivity index (χ3v) is 8.20. The number of fused-ring (bicyclic) bond motifs is 1. The van der Waals surface area contributed by atoms with Crippen LogP contribution in [-0.2, 0) is 19.2 Å². The van der Waals surface area contributed by atoms with Crippen LogP contribution >= 0.6 is 0 Å². The van der Waals surface area contributed by atoms with E-state index in [2.05, 4.69) is 13.8 Å². The van der Waals surface area contributed by atoms with E-state index in [1.54, 1.807) is 12.1 Å². The van der Waals surface area contributed by atoms with Crippen molar-refractivity contribution >= 4 is 23.7 Å². The Kier molecular flexibility index (Phi) is 9.89. The molecule has 11 nitrogen and oxygen atoms in total. The number of unbranched alkanes of at least 4 members (excludes halogenated alkanes) is 2. The summed E-state index contributed by atoms with van der Waals surface area (Å²) >= 11 is 0. The SMILES string of the molecule is CCCCN(CCCC)C(=O)CN1C[C@H](c2cc(OC)c3c(c2)OCO3)[C@H](C(=O)O)[C@H]1CCN1C(=O)CCC1=O. The number of likely N-dealkylation sites (tertiary alicyclic amines) is 2. The van der Waals surface area contributed by atoms with Gasteiger partial charge in [-0.3, -0.25) is 29.0 Å². The molecule has 4 rings (SSSR count). The molecule has 0 saturated carbocycles. The molecule has 0 aliphatic carbocycles. The molecule has 0 radical (unpaired) electrons. The number of benzene rings is 1. The van der Waals surface area contributed by atoms with E-state index >= 15 is 0 Å². The zero-order chi connectivity index (χ0) is 28.8. The first-order valence-corrected chi connectivity index (χ1v) is 14.3. The smallest absolute Gasteiger partial charge is 0.308 e. The lowest BCUT2D eigenvalue weighted by molar-refractivity contribution is -0.144. The number of aliphatic carboxylic acids is 1. The second kappa shape index (κ2) is 13.3. The van der Waals surface area contributed by atoms with Gasteiger partial charge in [-0.15, -0.1) is 0 Å². The number of carbonyl (C=O) groups is 4. The molecule has 2 saturated heterocycles. The molecule has 0 bridgehead atoms. The van der Waals surface area contributed by atoms with E-state index in [-0.39, 0.29) is 56.9 Å². The molecule has 3 heterocycles. The summed E-state index contributed by atoms with van der Waals surface area (Å²) in [5, 5.41) is 10.5. The van der Waals surface area contributed by atoms with Gasteiger partial charge in [0, 0.05) is 51.0 Å². The lowest BCUT2D eigenvalue weighted by atomic mass is 9.84. The third kappa shape index (κ3) is 6.35.